The number of halogens is 3. The van der Waals surface area contributed by atoms with Crippen LogP contribution < -0.4 is 11.1 Å². The van der Waals surface area contributed by atoms with Crippen LogP contribution in [0.3, 0.4) is 0 Å². The van der Waals surface area contributed by atoms with Gasteiger partial charge in [0, 0.05) is 18.2 Å². The molecule has 34 heavy (non-hydrogen) atoms. The Morgan fingerprint density at radius 1 is 1.24 bits per heavy atom. The number of hydrogen-bond donors (Lipinski definition) is 3. The van der Waals surface area contributed by atoms with E-state index in [1.165, 1.54) is 11.3 Å². The quantitative estimate of drug-likeness (QED) is 0.488. The van der Waals surface area contributed by atoms with Crippen molar-refractivity contribution in [3.8, 4) is 10.6 Å². The van der Waals surface area contributed by atoms with Crippen molar-refractivity contribution in [2.75, 3.05) is 5.32 Å². The van der Waals surface area contributed by atoms with Crippen molar-refractivity contribution in [1.29, 1.82) is 0 Å². The first-order valence-corrected chi connectivity index (χ1v) is 11.4. The van der Waals surface area contributed by atoms with E-state index in [0.717, 1.165) is 18.0 Å². The van der Waals surface area contributed by atoms with E-state index in [4.69, 9.17) is 5.73 Å². The van der Waals surface area contributed by atoms with Crippen LogP contribution in [0.5, 0.6) is 0 Å². The van der Waals surface area contributed by atoms with Gasteiger partial charge in [-0.05, 0) is 49.8 Å². The molecule has 4 N–H and O–H groups in total. The maximum atomic E-state index is 12.9. The first kappa shape index (κ1) is 24.0. The lowest BCUT2D eigenvalue weighted by Crippen LogP contribution is -2.40. The van der Waals surface area contributed by atoms with Crippen LogP contribution in [0.1, 0.15) is 42.5 Å². The zero-order valence-electron chi connectivity index (χ0n) is 18.4. The average molecular weight is 493 g/mol. The molecule has 0 aliphatic heterocycles. The van der Waals surface area contributed by atoms with Crippen LogP contribution in [0.2, 0.25) is 0 Å². The number of aryl methyl sites for hydroxylation is 1. The summed E-state index contributed by atoms with van der Waals surface area (Å²) in [6, 6.07) is 4.31. The van der Waals surface area contributed by atoms with Gasteiger partial charge in [0.05, 0.1) is 10.6 Å². The number of nitrogens with zero attached hydrogens (tertiary/aromatic N) is 4. The van der Waals surface area contributed by atoms with Gasteiger partial charge in [0.1, 0.15) is 34.3 Å². The fourth-order valence-electron chi connectivity index (χ4n) is 4.25. The Morgan fingerprint density at radius 2 is 2.00 bits per heavy atom. The van der Waals surface area contributed by atoms with Crippen LogP contribution in [0, 0.1) is 18.8 Å². The minimum atomic E-state index is -4.59. The third-order valence-corrected chi connectivity index (χ3v) is 7.13. The molecule has 4 rings (SSSR count). The Hall–Kier alpha value is -3.12. The van der Waals surface area contributed by atoms with Gasteiger partial charge in [0.25, 0.3) is 0 Å². The molecule has 1 saturated carbocycles. The zero-order chi connectivity index (χ0) is 24.7. The van der Waals surface area contributed by atoms with Crippen LogP contribution in [-0.4, -0.2) is 30.9 Å². The normalized spacial score (nSPS) is 23.0. The predicted molar refractivity (Wildman–Crippen MR) is 120 cm³/mol. The highest BCUT2D eigenvalue weighted by atomic mass is 32.1. The number of primary amides is 1. The van der Waals surface area contributed by atoms with E-state index in [1.807, 2.05) is 19.9 Å². The number of pyridine rings is 1. The Balaban J connectivity index is 1.57. The Kier molecular flexibility index (Phi) is 6.30. The van der Waals surface area contributed by atoms with Gasteiger partial charge in [-0.1, -0.05) is 6.92 Å². The number of nitrogens with two attached hydrogens (primary N) is 1. The van der Waals surface area contributed by atoms with Crippen LogP contribution in [0.4, 0.5) is 24.8 Å². The molecule has 3 heterocycles. The minimum Gasteiger partial charge on any atom is -0.383 e. The van der Waals surface area contributed by atoms with Crippen molar-refractivity contribution >= 4 is 28.9 Å². The maximum Gasteiger partial charge on any atom is 0.433 e. The number of rotatable bonds is 5. The molecular formula is C22H23F3N6O2S. The second-order valence-corrected chi connectivity index (χ2v) is 9.65. The van der Waals surface area contributed by atoms with Gasteiger partial charge >= 0.3 is 6.18 Å². The monoisotopic (exact) mass is 492 g/mol. The summed E-state index contributed by atoms with van der Waals surface area (Å²) in [4.78, 5) is 28.3. The summed E-state index contributed by atoms with van der Waals surface area (Å²) in [5.74, 6) is -0.432. The molecule has 3 atom stereocenters. The highest BCUT2D eigenvalue weighted by molar-refractivity contribution is 7.15. The van der Waals surface area contributed by atoms with E-state index in [1.54, 1.807) is 12.3 Å². The van der Waals surface area contributed by atoms with Crippen molar-refractivity contribution in [3.63, 3.8) is 0 Å². The molecule has 1 amide bonds. The van der Waals surface area contributed by atoms with Gasteiger partial charge in [0.15, 0.2) is 0 Å². The first-order valence-electron chi connectivity index (χ1n) is 10.6. The number of amides is 1. The van der Waals surface area contributed by atoms with Gasteiger partial charge < -0.3 is 16.2 Å². The lowest BCUT2D eigenvalue weighted by atomic mass is 9.72. The van der Waals surface area contributed by atoms with E-state index in [2.05, 4.69) is 25.3 Å². The Bertz CT molecular complexity index is 1220. The molecule has 0 aromatic carbocycles. The van der Waals surface area contributed by atoms with Crippen molar-refractivity contribution in [1.82, 2.24) is 19.9 Å². The van der Waals surface area contributed by atoms with Crippen LogP contribution >= 0.6 is 11.3 Å². The average Bonchev–Trinajstić information content (AvgIpc) is 3.24. The molecule has 1 aliphatic rings. The third kappa shape index (κ3) is 5.02. The molecule has 180 valence electrons. The second-order valence-electron chi connectivity index (χ2n) is 8.62. The lowest BCUT2D eigenvalue weighted by molar-refractivity contribution is -0.141. The Morgan fingerprint density at radius 3 is 2.68 bits per heavy atom. The third-order valence-electron chi connectivity index (χ3n) is 5.92. The van der Waals surface area contributed by atoms with Crippen LogP contribution in [0.15, 0.2) is 30.7 Å². The van der Waals surface area contributed by atoms with Crippen molar-refractivity contribution in [2.24, 2.45) is 17.6 Å². The molecule has 8 nitrogen and oxygen atoms in total. The van der Waals surface area contributed by atoms with Gasteiger partial charge in [0.2, 0.25) is 5.91 Å². The fourth-order valence-corrected chi connectivity index (χ4v) is 5.25. The van der Waals surface area contributed by atoms with Gasteiger partial charge in [-0.3, -0.25) is 4.79 Å². The van der Waals surface area contributed by atoms with Crippen LogP contribution in [0.25, 0.3) is 10.6 Å². The molecule has 3 unspecified atom stereocenters. The van der Waals surface area contributed by atoms with E-state index >= 15 is 0 Å². The molecule has 0 bridgehead atoms. The van der Waals surface area contributed by atoms with E-state index < -0.39 is 17.5 Å². The number of nitrogens with one attached hydrogen (secondary N) is 1. The number of aliphatic hydroxyl groups is 1. The number of anilines is 2. The van der Waals surface area contributed by atoms with Crippen LogP contribution in [-0.2, 0) is 16.6 Å². The number of hydrogen-bond acceptors (Lipinski definition) is 8. The smallest absolute Gasteiger partial charge is 0.383 e. The summed E-state index contributed by atoms with van der Waals surface area (Å²) in [6.45, 7) is 3.73. The number of thiazole rings is 1. The van der Waals surface area contributed by atoms with Gasteiger partial charge in [-0.2, -0.15) is 13.2 Å². The number of aromatic nitrogens is 4. The molecule has 3 aromatic heterocycles. The lowest BCUT2D eigenvalue weighted by Gasteiger charge is -2.37. The Labute approximate surface area is 197 Å². The molecule has 3 aromatic rings. The van der Waals surface area contributed by atoms with E-state index in [0.29, 0.717) is 40.7 Å². The summed E-state index contributed by atoms with van der Waals surface area (Å²) in [6.07, 6.45) is -0.902. The molecule has 1 aliphatic carbocycles. The van der Waals surface area contributed by atoms with Crippen molar-refractivity contribution in [3.05, 3.63) is 47.0 Å². The molecule has 0 saturated heterocycles. The molecule has 12 heteroatoms. The summed E-state index contributed by atoms with van der Waals surface area (Å²) in [5, 5.41) is 14.5. The second kappa shape index (κ2) is 8.91. The SMILES string of the molecule is Cc1cc(Nc2cc(C(F)(F)F)ncn2)nc(-c2cnc(C3(O)CCC(C(N)=O)C(C)C3)s2)c1. The molecule has 0 radical (unpaired) electrons. The first-order chi connectivity index (χ1) is 15.9. The standard InChI is InChI=1S/C22H23F3N6O2S/c1-11-5-14(30-18(6-11)31-17-7-16(22(23,24)25)28-10-29-17)15-9-27-20(34-15)21(33)4-3-13(19(26)32)12(2)8-21/h5-7,9-10,12-13,33H,3-4,8H2,1-2H3,(H2,26,32)(H,28,29,30,31). The topological polar surface area (TPSA) is 127 Å². The van der Waals surface area contributed by atoms with Crippen molar-refractivity contribution in [2.45, 2.75) is 44.9 Å². The zero-order valence-corrected chi connectivity index (χ0v) is 19.2. The summed E-state index contributed by atoms with van der Waals surface area (Å²) < 4.78 is 38.8. The van der Waals surface area contributed by atoms with E-state index in [9.17, 15) is 23.1 Å². The largest absolute Gasteiger partial charge is 0.433 e. The highest BCUT2D eigenvalue weighted by Gasteiger charge is 2.42. The number of carbonyl (C=O) groups is 1. The van der Waals surface area contributed by atoms with Gasteiger partial charge in [-0.15, -0.1) is 11.3 Å². The molecular weight excluding hydrogens is 469 g/mol. The van der Waals surface area contributed by atoms with Crippen molar-refractivity contribution < 1.29 is 23.1 Å². The molecule has 1 fully saturated rings. The molecule has 0 spiro atoms. The summed E-state index contributed by atoms with van der Waals surface area (Å²) in [7, 11) is 0. The van der Waals surface area contributed by atoms with E-state index in [-0.39, 0.29) is 23.6 Å². The number of alkyl halides is 3. The fraction of sp³-hybridized carbons (Fsp3) is 0.409. The maximum absolute atomic E-state index is 12.9. The highest BCUT2D eigenvalue weighted by Crippen LogP contribution is 2.45. The van der Waals surface area contributed by atoms with Gasteiger partial charge in [-0.25, -0.2) is 19.9 Å². The number of carbonyl (C=O) groups excluding carboxylic acids is 1. The summed E-state index contributed by atoms with van der Waals surface area (Å²) >= 11 is 1.29. The predicted octanol–water partition coefficient (Wildman–Crippen LogP) is 4.18. The summed E-state index contributed by atoms with van der Waals surface area (Å²) in [5.41, 5.74) is 4.63. The minimum absolute atomic E-state index is 0.0362.